The van der Waals surface area contributed by atoms with Crippen molar-refractivity contribution < 1.29 is 18.0 Å². The second-order valence-electron chi connectivity index (χ2n) is 8.61. The molecule has 0 atom stereocenters. The number of hydrogen-bond donors (Lipinski definition) is 1. The molecule has 1 amide bonds. The van der Waals surface area contributed by atoms with Crippen LogP contribution in [0.15, 0.2) is 53.5 Å². The Hall–Kier alpha value is -4.13. The van der Waals surface area contributed by atoms with Gasteiger partial charge >= 0.3 is 11.9 Å². The van der Waals surface area contributed by atoms with Gasteiger partial charge in [0, 0.05) is 30.7 Å². The van der Waals surface area contributed by atoms with Crippen LogP contribution in [0.25, 0.3) is 21.9 Å². The van der Waals surface area contributed by atoms with Gasteiger partial charge in [0.1, 0.15) is 0 Å². The van der Waals surface area contributed by atoms with E-state index in [1.54, 1.807) is 35.4 Å². The van der Waals surface area contributed by atoms with Gasteiger partial charge in [-0.2, -0.15) is 18.4 Å². The number of nitrogens with zero attached hydrogens (tertiary/aromatic N) is 4. The fourth-order valence-electron chi connectivity index (χ4n) is 4.82. The van der Waals surface area contributed by atoms with Crippen molar-refractivity contribution in [3.05, 3.63) is 75.8 Å². The van der Waals surface area contributed by atoms with E-state index >= 15 is 0 Å². The van der Waals surface area contributed by atoms with E-state index in [1.807, 2.05) is 0 Å². The van der Waals surface area contributed by atoms with Crippen LogP contribution >= 0.6 is 0 Å². The van der Waals surface area contributed by atoms with Crippen molar-refractivity contribution in [2.24, 2.45) is 0 Å². The predicted octanol–water partition coefficient (Wildman–Crippen LogP) is 4.17. The average Bonchev–Trinajstić information content (AvgIpc) is 3.18. The molecule has 3 heterocycles. The van der Waals surface area contributed by atoms with E-state index in [0.717, 1.165) is 11.6 Å². The minimum Gasteiger partial charge on any atom is -0.342 e. The molecular formula is C25H20F3N5O2. The van der Waals surface area contributed by atoms with E-state index in [2.05, 4.69) is 16.0 Å². The summed E-state index contributed by atoms with van der Waals surface area (Å²) in [4.78, 5) is 33.9. The summed E-state index contributed by atoms with van der Waals surface area (Å²) in [5.74, 6) is -0.118. The summed E-state index contributed by atoms with van der Waals surface area (Å²) in [6.45, 7) is 0.658. The molecule has 10 heteroatoms. The Kier molecular flexibility index (Phi) is 5.55. The molecule has 4 aromatic rings. The number of halogens is 3. The smallest absolute Gasteiger partial charge is 0.342 e. The highest BCUT2D eigenvalue weighted by atomic mass is 19.4. The van der Waals surface area contributed by atoms with Gasteiger partial charge < -0.3 is 9.88 Å². The highest BCUT2D eigenvalue weighted by Crippen LogP contribution is 2.36. The quantitative estimate of drug-likeness (QED) is 0.477. The molecule has 0 unspecified atom stereocenters. The van der Waals surface area contributed by atoms with Gasteiger partial charge in [-0.1, -0.05) is 12.1 Å². The number of imidazole rings is 1. The zero-order valence-electron chi connectivity index (χ0n) is 18.5. The molecule has 0 aliphatic carbocycles. The molecular weight excluding hydrogens is 459 g/mol. The number of alkyl halides is 3. The summed E-state index contributed by atoms with van der Waals surface area (Å²) >= 11 is 0. The summed E-state index contributed by atoms with van der Waals surface area (Å²) in [6.07, 6.45) is -2.17. The fourth-order valence-corrected chi connectivity index (χ4v) is 4.82. The number of carbonyl (C=O) groups is 1. The molecule has 0 bridgehead atoms. The van der Waals surface area contributed by atoms with E-state index in [9.17, 15) is 28.0 Å². The lowest BCUT2D eigenvalue weighted by atomic mass is 10.0. The molecule has 2 aromatic heterocycles. The molecule has 1 aliphatic rings. The zero-order chi connectivity index (χ0) is 24.7. The molecule has 2 aromatic carbocycles. The van der Waals surface area contributed by atoms with Crippen LogP contribution in [0.4, 0.5) is 13.2 Å². The number of nitrogens with one attached hydrogen (secondary N) is 1. The summed E-state index contributed by atoms with van der Waals surface area (Å²) in [6, 6.07) is 12.4. The number of nitriles is 1. The van der Waals surface area contributed by atoms with Crippen molar-refractivity contribution in [2.75, 3.05) is 13.1 Å². The summed E-state index contributed by atoms with van der Waals surface area (Å²) in [7, 11) is 0. The number of H-pyrrole nitrogens is 1. The number of para-hydroxylation sites is 1. The molecule has 1 fully saturated rings. The number of piperidine rings is 1. The number of rotatable bonds is 3. The first-order valence-corrected chi connectivity index (χ1v) is 11.1. The molecule has 1 aliphatic heterocycles. The molecule has 0 radical (unpaired) electrons. The molecule has 0 spiro atoms. The van der Waals surface area contributed by atoms with E-state index < -0.39 is 23.5 Å². The molecule has 1 N–H and O–H groups in total. The Morgan fingerprint density at radius 1 is 1.17 bits per heavy atom. The lowest BCUT2D eigenvalue weighted by Crippen LogP contribution is -2.41. The first kappa shape index (κ1) is 22.7. The third kappa shape index (κ3) is 4.14. The number of carbonyl (C=O) groups excluding carboxylic acids is 1. The lowest BCUT2D eigenvalue weighted by molar-refractivity contribution is -0.136. The van der Waals surface area contributed by atoms with Crippen molar-refractivity contribution >= 4 is 27.8 Å². The van der Waals surface area contributed by atoms with Gasteiger partial charge in [-0.3, -0.25) is 14.3 Å². The van der Waals surface area contributed by atoms with Crippen LogP contribution in [-0.4, -0.2) is 38.4 Å². The molecule has 0 saturated carbocycles. The Labute approximate surface area is 197 Å². The fraction of sp³-hybridized carbons (Fsp3) is 0.280. The first-order valence-electron chi connectivity index (χ1n) is 11.1. The third-order valence-electron chi connectivity index (χ3n) is 6.51. The van der Waals surface area contributed by atoms with Gasteiger partial charge in [0.05, 0.1) is 40.2 Å². The zero-order valence-corrected chi connectivity index (χ0v) is 18.5. The van der Waals surface area contributed by atoms with Gasteiger partial charge in [0.15, 0.2) is 0 Å². The van der Waals surface area contributed by atoms with E-state index in [4.69, 9.17) is 0 Å². The van der Waals surface area contributed by atoms with Gasteiger partial charge in [0.2, 0.25) is 5.91 Å². The number of hydrogen-bond acceptors (Lipinski definition) is 4. The number of aromatic nitrogens is 3. The van der Waals surface area contributed by atoms with Crippen molar-refractivity contribution in [1.29, 1.82) is 5.26 Å². The van der Waals surface area contributed by atoms with Gasteiger partial charge in [-0.25, -0.2) is 4.79 Å². The maximum atomic E-state index is 13.6. The summed E-state index contributed by atoms with van der Waals surface area (Å²) < 4.78 is 42.0. The number of benzene rings is 2. The van der Waals surface area contributed by atoms with Crippen LogP contribution in [0.3, 0.4) is 0 Å². The van der Waals surface area contributed by atoms with E-state index in [1.165, 1.54) is 16.7 Å². The lowest BCUT2D eigenvalue weighted by Gasteiger charge is -2.33. The molecule has 5 rings (SSSR count). The summed E-state index contributed by atoms with van der Waals surface area (Å²) in [5.41, 5.74) is 0.459. The van der Waals surface area contributed by atoms with Gasteiger partial charge in [0.25, 0.3) is 0 Å². The third-order valence-corrected chi connectivity index (χ3v) is 6.51. The average molecular weight is 479 g/mol. The molecule has 178 valence electrons. The number of fused-ring (bicyclic) bond motifs is 2. The maximum Gasteiger partial charge on any atom is 0.418 e. The van der Waals surface area contributed by atoms with Crippen molar-refractivity contribution in [3.8, 4) is 6.07 Å². The number of amides is 1. The van der Waals surface area contributed by atoms with Crippen LogP contribution in [0.5, 0.6) is 0 Å². The SMILES string of the molecule is N#Cc1ccnc2ccc(CC(=O)N3CCC(n4c(=O)[nH]c5cccc(C(F)(F)F)c54)CC3)cc12. The Morgan fingerprint density at radius 3 is 2.66 bits per heavy atom. The Bertz CT molecular complexity index is 1540. The Morgan fingerprint density at radius 2 is 1.94 bits per heavy atom. The van der Waals surface area contributed by atoms with Crippen LogP contribution in [0, 0.1) is 11.3 Å². The van der Waals surface area contributed by atoms with Crippen LogP contribution < -0.4 is 5.69 Å². The standard InChI is InChI=1S/C25H20F3N5O2/c26-25(27,28)19-2-1-3-21-23(19)33(24(35)31-21)17-7-10-32(11-8-17)22(34)13-15-4-5-20-18(12-15)16(14-29)6-9-30-20/h1-6,9,12,17H,7-8,10-11,13H2,(H,31,35). The maximum absolute atomic E-state index is 13.6. The van der Waals surface area contributed by atoms with Crippen LogP contribution in [0.2, 0.25) is 0 Å². The van der Waals surface area contributed by atoms with Crippen molar-refractivity contribution in [2.45, 2.75) is 31.5 Å². The number of aromatic amines is 1. The Balaban J connectivity index is 1.33. The van der Waals surface area contributed by atoms with Crippen LogP contribution in [-0.2, 0) is 17.4 Å². The number of pyridine rings is 1. The minimum atomic E-state index is -4.59. The molecule has 35 heavy (non-hydrogen) atoms. The largest absolute Gasteiger partial charge is 0.418 e. The van der Waals surface area contributed by atoms with Crippen molar-refractivity contribution in [3.63, 3.8) is 0 Å². The van der Waals surface area contributed by atoms with Crippen molar-refractivity contribution in [1.82, 2.24) is 19.4 Å². The van der Waals surface area contributed by atoms with Gasteiger partial charge in [-0.15, -0.1) is 0 Å². The second-order valence-corrected chi connectivity index (χ2v) is 8.61. The summed E-state index contributed by atoms with van der Waals surface area (Å²) in [5, 5.41) is 10.00. The monoisotopic (exact) mass is 479 g/mol. The van der Waals surface area contributed by atoms with E-state index in [0.29, 0.717) is 42.4 Å². The van der Waals surface area contributed by atoms with Crippen LogP contribution in [0.1, 0.15) is 35.6 Å². The van der Waals surface area contributed by atoms with E-state index in [-0.39, 0.29) is 23.4 Å². The highest BCUT2D eigenvalue weighted by molar-refractivity contribution is 5.87. The number of likely N-dealkylation sites (tertiary alicyclic amines) is 1. The predicted molar refractivity (Wildman–Crippen MR) is 123 cm³/mol. The highest BCUT2D eigenvalue weighted by Gasteiger charge is 2.36. The topological polar surface area (TPSA) is 94.8 Å². The molecule has 1 saturated heterocycles. The molecule has 7 nitrogen and oxygen atoms in total. The van der Waals surface area contributed by atoms with Gasteiger partial charge in [-0.05, 0) is 48.7 Å². The minimum absolute atomic E-state index is 0.118. The normalized spacial score (nSPS) is 15.0. The first-order chi connectivity index (χ1) is 16.8. The second kappa shape index (κ2) is 8.58.